The maximum absolute atomic E-state index is 13.4. The van der Waals surface area contributed by atoms with Crippen LogP contribution in [0.1, 0.15) is 12.5 Å². The molecule has 2 atom stereocenters. The molecule has 8 heteroatoms. The van der Waals surface area contributed by atoms with Crippen molar-refractivity contribution in [3.63, 3.8) is 0 Å². The Balaban J connectivity index is 1.83. The van der Waals surface area contributed by atoms with E-state index in [-0.39, 0.29) is 12.4 Å². The molecule has 24 heavy (non-hydrogen) atoms. The van der Waals surface area contributed by atoms with Gasteiger partial charge in [0.25, 0.3) is 0 Å². The van der Waals surface area contributed by atoms with Crippen molar-refractivity contribution in [2.45, 2.75) is 19.6 Å². The molecule has 2 aromatic carbocycles. The molecule has 128 valence electrons. The van der Waals surface area contributed by atoms with Crippen LogP contribution >= 0.6 is 8.18 Å². The quantitative estimate of drug-likeness (QED) is 0.609. The molecule has 0 fully saturated rings. The van der Waals surface area contributed by atoms with Crippen molar-refractivity contribution >= 4 is 14.1 Å². The van der Waals surface area contributed by atoms with Crippen LogP contribution in [-0.2, 0) is 20.7 Å². The highest BCUT2D eigenvalue weighted by atomic mass is 31.1. The smallest absolute Gasteiger partial charge is 0.323 e. The summed E-state index contributed by atoms with van der Waals surface area (Å²) in [5.41, 5.74) is 0.815. The van der Waals surface area contributed by atoms with Crippen molar-refractivity contribution in [2.24, 2.45) is 0 Å². The molecule has 1 unspecified atom stereocenters. The first-order chi connectivity index (χ1) is 11.5. The highest BCUT2D eigenvalue weighted by molar-refractivity contribution is 7.37. The fourth-order valence-corrected chi connectivity index (χ4v) is 2.67. The fourth-order valence-electron chi connectivity index (χ4n) is 1.78. The molecule has 0 amide bonds. The van der Waals surface area contributed by atoms with E-state index in [1.807, 2.05) is 18.2 Å². The van der Waals surface area contributed by atoms with Crippen LogP contribution in [0.4, 0.5) is 8.78 Å². The third kappa shape index (κ3) is 5.44. The number of nitrogens with one attached hydrogen (secondary N) is 1. The number of carbonyl (C=O) groups is 1. The van der Waals surface area contributed by atoms with Gasteiger partial charge >= 0.3 is 14.1 Å². The van der Waals surface area contributed by atoms with Gasteiger partial charge in [-0.2, -0.15) is 0 Å². The summed E-state index contributed by atoms with van der Waals surface area (Å²) in [4.78, 5) is 11.8. The van der Waals surface area contributed by atoms with Gasteiger partial charge < -0.3 is 9.26 Å². The van der Waals surface area contributed by atoms with Gasteiger partial charge in [0.05, 0.1) is 0 Å². The lowest BCUT2D eigenvalue weighted by Gasteiger charge is -2.14. The van der Waals surface area contributed by atoms with Crippen LogP contribution in [-0.4, -0.2) is 12.0 Å². The monoisotopic (exact) mass is 355 g/mol. The molecule has 0 heterocycles. The molecule has 0 aromatic heterocycles. The predicted molar refractivity (Wildman–Crippen MR) is 84.8 cm³/mol. The minimum Gasteiger partial charge on any atom is -0.460 e. The Morgan fingerprint density at radius 1 is 1.21 bits per heavy atom. The van der Waals surface area contributed by atoms with E-state index in [0.29, 0.717) is 6.07 Å². The third-order valence-corrected chi connectivity index (χ3v) is 4.08. The Morgan fingerprint density at radius 3 is 2.58 bits per heavy atom. The topological polar surface area (TPSA) is 64.6 Å². The van der Waals surface area contributed by atoms with E-state index in [1.54, 1.807) is 12.1 Å². The second kappa shape index (κ2) is 8.57. The number of halogens is 2. The fraction of sp³-hybridized carbons (Fsp3) is 0.188. The molecule has 0 aliphatic heterocycles. The first kappa shape index (κ1) is 18.1. The van der Waals surface area contributed by atoms with E-state index in [1.165, 1.54) is 6.92 Å². The molecule has 0 aliphatic rings. The zero-order valence-electron chi connectivity index (χ0n) is 12.8. The Labute approximate surface area is 138 Å². The molecule has 1 N–H and O–H groups in total. The Kier molecular flexibility index (Phi) is 6.46. The first-order valence-corrected chi connectivity index (χ1v) is 8.41. The van der Waals surface area contributed by atoms with Crippen LogP contribution in [0.15, 0.2) is 48.5 Å². The number of benzene rings is 2. The average molecular weight is 355 g/mol. The zero-order valence-corrected chi connectivity index (χ0v) is 13.8. The van der Waals surface area contributed by atoms with Crippen LogP contribution in [0, 0.1) is 11.6 Å². The number of esters is 1. The summed E-state index contributed by atoms with van der Waals surface area (Å²) in [6, 6.07) is 10.8. The van der Waals surface area contributed by atoms with Gasteiger partial charge in [-0.3, -0.25) is 9.36 Å². The van der Waals surface area contributed by atoms with Crippen molar-refractivity contribution < 1.29 is 27.4 Å². The molecular weight excluding hydrogens is 339 g/mol. The van der Waals surface area contributed by atoms with Gasteiger partial charge in [0.2, 0.25) is 0 Å². The normalized spacial score (nSPS) is 13.1. The van der Waals surface area contributed by atoms with Crippen molar-refractivity contribution in [3.8, 4) is 5.75 Å². The highest BCUT2D eigenvalue weighted by Crippen LogP contribution is 2.27. The van der Waals surface area contributed by atoms with Gasteiger partial charge in [0.15, 0.2) is 11.6 Å². The standard InChI is InChI=1S/C16H16F2NO4P/c1-11(16(20)22-10-12-5-3-2-4-6-12)19-24(21)23-15-8-7-13(17)9-14(15)18/h2-9,11,24H,10H2,1H3,(H,19,21)/t11-/m0/s1. The highest BCUT2D eigenvalue weighted by Gasteiger charge is 2.18. The van der Waals surface area contributed by atoms with Crippen molar-refractivity contribution in [1.82, 2.24) is 5.09 Å². The number of carbonyl (C=O) groups excluding carboxylic acids is 1. The molecular formula is C16H16F2NO4P. The van der Waals surface area contributed by atoms with E-state index in [9.17, 15) is 18.1 Å². The summed E-state index contributed by atoms with van der Waals surface area (Å²) in [7, 11) is -2.97. The molecule has 0 aliphatic carbocycles. The number of hydrogen-bond acceptors (Lipinski definition) is 4. The summed E-state index contributed by atoms with van der Waals surface area (Å²) in [6.07, 6.45) is 0. The van der Waals surface area contributed by atoms with E-state index in [2.05, 4.69) is 5.09 Å². The summed E-state index contributed by atoms with van der Waals surface area (Å²) in [6.45, 7) is 1.53. The Bertz CT molecular complexity index is 727. The average Bonchev–Trinajstić information content (AvgIpc) is 2.56. The van der Waals surface area contributed by atoms with Crippen LogP contribution in [0.2, 0.25) is 0 Å². The number of ether oxygens (including phenoxy) is 1. The minimum absolute atomic E-state index is 0.0834. The number of rotatable bonds is 7. The lowest BCUT2D eigenvalue weighted by Crippen LogP contribution is -2.31. The second-order valence-corrected chi connectivity index (χ2v) is 5.99. The molecule has 2 aromatic rings. The van der Waals surface area contributed by atoms with E-state index < -0.39 is 31.8 Å². The van der Waals surface area contributed by atoms with Gasteiger partial charge in [-0.15, -0.1) is 0 Å². The maximum atomic E-state index is 13.4. The first-order valence-electron chi connectivity index (χ1n) is 7.09. The SMILES string of the molecule is C[C@H](N[PH](=O)Oc1ccc(F)cc1F)C(=O)OCc1ccccc1. The van der Waals surface area contributed by atoms with E-state index in [0.717, 1.165) is 17.7 Å². The Hall–Kier alpha value is -2.24. The summed E-state index contributed by atoms with van der Waals surface area (Å²) < 4.78 is 48.0. The summed E-state index contributed by atoms with van der Waals surface area (Å²) in [5.74, 6) is -2.74. The van der Waals surface area contributed by atoms with Gasteiger partial charge in [0, 0.05) is 6.07 Å². The molecule has 0 saturated carbocycles. The molecule has 0 bridgehead atoms. The van der Waals surface area contributed by atoms with E-state index >= 15 is 0 Å². The van der Waals surface area contributed by atoms with Crippen molar-refractivity contribution in [2.75, 3.05) is 0 Å². The molecule has 0 spiro atoms. The van der Waals surface area contributed by atoms with Gasteiger partial charge in [-0.25, -0.2) is 13.9 Å². The lowest BCUT2D eigenvalue weighted by molar-refractivity contribution is -0.146. The predicted octanol–water partition coefficient (Wildman–Crippen LogP) is 3.45. The molecule has 5 nitrogen and oxygen atoms in total. The van der Waals surface area contributed by atoms with Crippen LogP contribution in [0.3, 0.4) is 0 Å². The van der Waals surface area contributed by atoms with Gasteiger partial charge in [-0.1, -0.05) is 30.3 Å². The largest absolute Gasteiger partial charge is 0.460 e. The minimum atomic E-state index is -2.97. The second-order valence-electron chi connectivity index (χ2n) is 4.92. The van der Waals surface area contributed by atoms with Crippen molar-refractivity contribution in [1.29, 1.82) is 0 Å². The number of hydrogen-bond donors (Lipinski definition) is 1. The summed E-state index contributed by atoms with van der Waals surface area (Å²) in [5, 5.41) is 2.40. The molecule has 0 radical (unpaired) electrons. The lowest BCUT2D eigenvalue weighted by atomic mass is 10.2. The zero-order chi connectivity index (χ0) is 17.5. The van der Waals surface area contributed by atoms with Gasteiger partial charge in [0.1, 0.15) is 18.5 Å². The molecule has 0 saturated heterocycles. The molecule has 2 rings (SSSR count). The van der Waals surface area contributed by atoms with E-state index in [4.69, 9.17) is 9.26 Å². The van der Waals surface area contributed by atoms with Crippen LogP contribution in [0.25, 0.3) is 0 Å². The van der Waals surface area contributed by atoms with Crippen molar-refractivity contribution in [3.05, 3.63) is 65.7 Å². The summed E-state index contributed by atoms with van der Waals surface area (Å²) >= 11 is 0. The van der Waals surface area contributed by atoms with Gasteiger partial charge in [-0.05, 0) is 24.6 Å². The Morgan fingerprint density at radius 2 is 1.92 bits per heavy atom. The van der Waals surface area contributed by atoms with Crippen LogP contribution < -0.4 is 9.61 Å². The third-order valence-electron chi connectivity index (χ3n) is 3.01. The van der Waals surface area contributed by atoms with Crippen LogP contribution in [0.5, 0.6) is 5.75 Å². The maximum Gasteiger partial charge on any atom is 0.323 e.